The molecule has 0 spiro atoms. The third kappa shape index (κ3) is 2.53. The third-order valence-electron chi connectivity index (χ3n) is 3.37. The number of ether oxygens (including phenoxy) is 1. The summed E-state index contributed by atoms with van der Waals surface area (Å²) >= 11 is 3.60. The molecule has 0 aliphatic carbocycles. The summed E-state index contributed by atoms with van der Waals surface area (Å²) in [4.78, 5) is 14.7. The molecule has 0 radical (unpaired) electrons. The van der Waals surface area contributed by atoms with Gasteiger partial charge in [0.15, 0.2) is 0 Å². The van der Waals surface area contributed by atoms with Gasteiger partial charge in [-0.2, -0.15) is 0 Å². The van der Waals surface area contributed by atoms with Crippen LogP contribution in [0.2, 0.25) is 0 Å². The molecule has 1 amide bonds. The first kappa shape index (κ1) is 11.4. The minimum absolute atomic E-state index is 0.0998. The van der Waals surface area contributed by atoms with Gasteiger partial charge in [-0.15, -0.1) is 0 Å². The second-order valence-corrected chi connectivity index (χ2v) is 5.79. The van der Waals surface area contributed by atoms with Crippen LogP contribution in [0.5, 0.6) is 0 Å². The molecule has 4 heteroatoms. The molecule has 3 atom stereocenters. The van der Waals surface area contributed by atoms with Crippen molar-refractivity contribution in [2.75, 3.05) is 19.7 Å². The Hall–Kier alpha value is -0.0900. The van der Waals surface area contributed by atoms with Gasteiger partial charge in [0.05, 0.1) is 12.0 Å². The summed E-state index contributed by atoms with van der Waals surface area (Å²) in [5, 5.41) is 0. The van der Waals surface area contributed by atoms with E-state index in [1.54, 1.807) is 0 Å². The Kier molecular flexibility index (Phi) is 3.67. The van der Waals surface area contributed by atoms with E-state index in [9.17, 15) is 4.79 Å². The highest BCUT2D eigenvalue weighted by Crippen LogP contribution is 2.25. The van der Waals surface area contributed by atoms with Gasteiger partial charge >= 0.3 is 0 Å². The summed E-state index contributed by atoms with van der Waals surface area (Å²) in [6.07, 6.45) is 3.29. The number of carbonyl (C=O) groups excluding carboxylic acids is 1. The van der Waals surface area contributed by atoms with E-state index < -0.39 is 0 Å². The van der Waals surface area contributed by atoms with E-state index in [0.29, 0.717) is 10.7 Å². The van der Waals surface area contributed by atoms with Gasteiger partial charge in [0, 0.05) is 24.5 Å². The van der Waals surface area contributed by atoms with Crippen molar-refractivity contribution in [3.05, 3.63) is 0 Å². The number of halogens is 1. The van der Waals surface area contributed by atoms with Gasteiger partial charge in [0.25, 0.3) is 0 Å². The molecule has 3 nitrogen and oxygen atoms in total. The Bertz CT molecular complexity index is 247. The lowest BCUT2D eigenvalue weighted by molar-refractivity contribution is -0.137. The molecule has 86 valence electrons. The number of nitrogens with zero attached hydrogens (tertiary/aromatic N) is 1. The van der Waals surface area contributed by atoms with E-state index in [0.717, 1.165) is 32.5 Å². The van der Waals surface area contributed by atoms with Gasteiger partial charge in [-0.05, 0) is 26.2 Å². The van der Waals surface area contributed by atoms with E-state index in [1.165, 1.54) is 6.42 Å². The van der Waals surface area contributed by atoms with Gasteiger partial charge < -0.3 is 9.64 Å². The Morgan fingerprint density at radius 3 is 2.87 bits per heavy atom. The molecular weight excluding hydrogens is 258 g/mol. The predicted octanol–water partition coefficient (Wildman–Crippen LogP) is 1.80. The standard InChI is InChI=1S/C11H18BrNO2/c1-8-10(4-6-15-8)11(14)13-5-2-3-9(12)7-13/h8-10H,2-7H2,1H3. The first-order valence-corrected chi connectivity index (χ1v) is 6.64. The smallest absolute Gasteiger partial charge is 0.228 e. The fraction of sp³-hybridized carbons (Fsp3) is 0.909. The number of hydrogen-bond donors (Lipinski definition) is 0. The SMILES string of the molecule is CC1OCCC1C(=O)N1CCCC(Br)C1. The van der Waals surface area contributed by atoms with Crippen molar-refractivity contribution in [1.82, 2.24) is 4.90 Å². The van der Waals surface area contributed by atoms with Crippen LogP contribution < -0.4 is 0 Å². The summed E-state index contributed by atoms with van der Waals surface area (Å²) < 4.78 is 5.44. The lowest BCUT2D eigenvalue weighted by atomic mass is 9.99. The molecule has 0 saturated carbocycles. The van der Waals surface area contributed by atoms with Crippen molar-refractivity contribution in [3.8, 4) is 0 Å². The summed E-state index contributed by atoms with van der Waals surface area (Å²) in [5.74, 6) is 0.395. The molecule has 0 aromatic carbocycles. The molecule has 15 heavy (non-hydrogen) atoms. The van der Waals surface area contributed by atoms with Crippen molar-refractivity contribution in [2.24, 2.45) is 5.92 Å². The maximum atomic E-state index is 12.2. The number of rotatable bonds is 1. The topological polar surface area (TPSA) is 29.5 Å². The fourth-order valence-corrected chi connectivity index (χ4v) is 3.09. The molecule has 3 unspecified atom stereocenters. The largest absolute Gasteiger partial charge is 0.378 e. The second kappa shape index (κ2) is 4.83. The van der Waals surface area contributed by atoms with E-state index in [-0.39, 0.29) is 12.0 Å². The zero-order valence-corrected chi connectivity index (χ0v) is 10.7. The number of piperidine rings is 1. The minimum atomic E-state index is 0.0998. The van der Waals surface area contributed by atoms with Crippen LogP contribution >= 0.6 is 15.9 Å². The summed E-state index contributed by atoms with van der Waals surface area (Å²) in [5.41, 5.74) is 0. The number of amides is 1. The zero-order chi connectivity index (χ0) is 10.8. The van der Waals surface area contributed by atoms with Crippen LogP contribution in [0.4, 0.5) is 0 Å². The molecule has 2 aliphatic rings. The van der Waals surface area contributed by atoms with Gasteiger partial charge in [-0.1, -0.05) is 15.9 Å². The minimum Gasteiger partial charge on any atom is -0.378 e. The van der Waals surface area contributed by atoms with Crippen LogP contribution in [0.15, 0.2) is 0 Å². The Morgan fingerprint density at radius 2 is 2.27 bits per heavy atom. The highest BCUT2D eigenvalue weighted by molar-refractivity contribution is 9.09. The summed E-state index contributed by atoms with van der Waals surface area (Å²) in [6.45, 7) is 4.53. The Morgan fingerprint density at radius 1 is 1.47 bits per heavy atom. The van der Waals surface area contributed by atoms with Crippen molar-refractivity contribution < 1.29 is 9.53 Å². The summed E-state index contributed by atoms with van der Waals surface area (Å²) in [7, 11) is 0. The lowest BCUT2D eigenvalue weighted by Crippen LogP contribution is -2.44. The van der Waals surface area contributed by atoms with Crippen LogP contribution in [-0.4, -0.2) is 41.4 Å². The van der Waals surface area contributed by atoms with Gasteiger partial charge in [-0.25, -0.2) is 0 Å². The van der Waals surface area contributed by atoms with Gasteiger partial charge in [-0.3, -0.25) is 4.79 Å². The molecule has 0 aromatic heterocycles. The molecular formula is C11H18BrNO2. The van der Waals surface area contributed by atoms with Gasteiger partial charge in [0.1, 0.15) is 0 Å². The van der Waals surface area contributed by atoms with Crippen LogP contribution in [0.3, 0.4) is 0 Å². The fourth-order valence-electron chi connectivity index (χ4n) is 2.42. The third-order valence-corrected chi connectivity index (χ3v) is 4.12. The van der Waals surface area contributed by atoms with Crippen LogP contribution in [0.1, 0.15) is 26.2 Å². The van der Waals surface area contributed by atoms with Crippen LogP contribution in [0.25, 0.3) is 0 Å². The molecule has 2 fully saturated rings. The molecule has 2 saturated heterocycles. The van der Waals surface area contributed by atoms with Crippen LogP contribution in [0, 0.1) is 5.92 Å². The maximum Gasteiger partial charge on any atom is 0.228 e. The average molecular weight is 276 g/mol. The molecule has 2 aliphatic heterocycles. The quantitative estimate of drug-likeness (QED) is 0.683. The predicted molar refractivity (Wildman–Crippen MR) is 62.1 cm³/mol. The van der Waals surface area contributed by atoms with Crippen molar-refractivity contribution in [3.63, 3.8) is 0 Å². The highest BCUT2D eigenvalue weighted by Gasteiger charge is 2.35. The first-order chi connectivity index (χ1) is 7.18. The van der Waals surface area contributed by atoms with Crippen molar-refractivity contribution in [1.29, 1.82) is 0 Å². The molecule has 0 bridgehead atoms. The Labute approximate surface area is 99.3 Å². The average Bonchev–Trinajstić information content (AvgIpc) is 2.63. The Balaban J connectivity index is 1.94. The molecule has 0 N–H and O–H groups in total. The van der Waals surface area contributed by atoms with E-state index in [4.69, 9.17) is 4.74 Å². The van der Waals surface area contributed by atoms with E-state index in [1.807, 2.05) is 11.8 Å². The first-order valence-electron chi connectivity index (χ1n) is 5.73. The van der Waals surface area contributed by atoms with E-state index >= 15 is 0 Å². The number of alkyl halides is 1. The van der Waals surface area contributed by atoms with Gasteiger partial charge in [0.2, 0.25) is 5.91 Å². The number of likely N-dealkylation sites (tertiary alicyclic amines) is 1. The van der Waals surface area contributed by atoms with Crippen molar-refractivity contribution in [2.45, 2.75) is 37.1 Å². The second-order valence-electron chi connectivity index (χ2n) is 4.49. The lowest BCUT2D eigenvalue weighted by Gasteiger charge is -2.32. The highest BCUT2D eigenvalue weighted by atomic mass is 79.9. The molecule has 2 heterocycles. The van der Waals surface area contributed by atoms with Crippen molar-refractivity contribution >= 4 is 21.8 Å². The maximum absolute atomic E-state index is 12.2. The monoisotopic (exact) mass is 275 g/mol. The molecule has 2 rings (SSSR count). The zero-order valence-electron chi connectivity index (χ0n) is 9.12. The molecule has 0 aromatic rings. The number of carbonyl (C=O) groups is 1. The van der Waals surface area contributed by atoms with E-state index in [2.05, 4.69) is 15.9 Å². The normalized spacial score (nSPS) is 36.9. The van der Waals surface area contributed by atoms with Crippen LogP contribution in [-0.2, 0) is 9.53 Å². The number of hydrogen-bond acceptors (Lipinski definition) is 2. The summed E-state index contributed by atoms with van der Waals surface area (Å²) in [6, 6.07) is 0.